The van der Waals surface area contributed by atoms with E-state index >= 15 is 0 Å². The lowest BCUT2D eigenvalue weighted by molar-refractivity contribution is -0.117. The van der Waals surface area contributed by atoms with Crippen molar-refractivity contribution >= 4 is 32.6 Å². The lowest BCUT2D eigenvalue weighted by atomic mass is 9.94. The van der Waals surface area contributed by atoms with Gasteiger partial charge < -0.3 is 10.6 Å². The topological polar surface area (TPSA) is 95.6 Å². The highest BCUT2D eigenvalue weighted by Gasteiger charge is 2.57. The van der Waals surface area contributed by atoms with Crippen LogP contribution in [0.3, 0.4) is 0 Å². The van der Waals surface area contributed by atoms with Gasteiger partial charge in [0.2, 0.25) is 15.9 Å². The normalized spacial score (nSPS) is 18.7. The first-order chi connectivity index (χ1) is 17.9. The van der Waals surface area contributed by atoms with Gasteiger partial charge >= 0.3 is 0 Å². The second kappa shape index (κ2) is 10.3. The van der Waals surface area contributed by atoms with Crippen LogP contribution >= 0.6 is 0 Å². The maximum atomic E-state index is 13.8. The zero-order chi connectivity index (χ0) is 27.7. The Bertz CT molecular complexity index is 1480. The predicted molar refractivity (Wildman–Crippen MR) is 150 cm³/mol. The number of fused-ring (bicyclic) bond motifs is 1. The summed E-state index contributed by atoms with van der Waals surface area (Å²) in [5.41, 5.74) is -0.0949. The Morgan fingerprint density at radius 3 is 2.32 bits per heavy atom. The molecule has 1 aliphatic heterocycles. The van der Waals surface area contributed by atoms with Gasteiger partial charge in [0.1, 0.15) is 0 Å². The van der Waals surface area contributed by atoms with E-state index in [0.29, 0.717) is 24.9 Å². The van der Waals surface area contributed by atoms with E-state index < -0.39 is 21.1 Å². The second-order valence-electron chi connectivity index (χ2n) is 10.9. The van der Waals surface area contributed by atoms with Crippen molar-refractivity contribution in [2.24, 2.45) is 0 Å². The average Bonchev–Trinajstić information content (AvgIpc) is 3.06. The lowest BCUT2D eigenvalue weighted by Crippen LogP contribution is -2.56. The molecule has 0 aliphatic carbocycles. The Labute approximate surface area is 225 Å². The SMILES string of the molecule is C=CC(=O)NC1CC(C)(C)N(S(=O)(=O)c2ccc(C(=O)NCCc3ccc4ccccc4c3)cc2)C1(C)C. The Hall–Kier alpha value is -3.49. The highest BCUT2D eigenvalue weighted by atomic mass is 32.2. The van der Waals surface area contributed by atoms with Crippen LogP contribution in [0.25, 0.3) is 10.8 Å². The number of nitrogens with one attached hydrogen (secondary N) is 2. The molecular formula is C30H35N3O4S. The van der Waals surface area contributed by atoms with Crippen LogP contribution in [0.2, 0.25) is 0 Å². The minimum absolute atomic E-state index is 0.0991. The minimum atomic E-state index is -3.92. The second-order valence-corrected chi connectivity index (χ2v) is 12.7. The summed E-state index contributed by atoms with van der Waals surface area (Å²) in [7, 11) is -3.92. The lowest BCUT2D eigenvalue weighted by Gasteiger charge is -2.40. The molecule has 0 saturated carbocycles. The number of carbonyl (C=O) groups is 2. The first kappa shape index (κ1) is 27.5. The van der Waals surface area contributed by atoms with Gasteiger partial charge in [0, 0.05) is 23.7 Å². The molecule has 2 N–H and O–H groups in total. The Morgan fingerprint density at radius 1 is 1.00 bits per heavy atom. The molecular weight excluding hydrogens is 498 g/mol. The van der Waals surface area contributed by atoms with E-state index in [1.807, 2.05) is 39.8 Å². The van der Waals surface area contributed by atoms with Crippen molar-refractivity contribution in [3.63, 3.8) is 0 Å². The number of carbonyl (C=O) groups excluding carboxylic acids is 2. The summed E-state index contributed by atoms with van der Waals surface area (Å²) in [4.78, 5) is 24.8. The molecule has 1 unspecified atom stereocenters. The standard InChI is InChI=1S/C30H35N3O4S/c1-6-27(34)32-26-20-29(2,3)33(30(26,4)5)38(36,37)25-15-13-23(14-16-25)28(35)31-18-17-21-11-12-22-9-7-8-10-24(22)19-21/h6-16,19,26H,1,17-18,20H2,2-5H3,(H,31,35)(H,32,34). The van der Waals surface area contributed by atoms with E-state index in [2.05, 4.69) is 47.5 Å². The Balaban J connectivity index is 1.44. The van der Waals surface area contributed by atoms with Crippen LogP contribution in [0.1, 0.15) is 50.0 Å². The van der Waals surface area contributed by atoms with E-state index in [4.69, 9.17) is 0 Å². The molecule has 0 spiro atoms. The van der Waals surface area contributed by atoms with Crippen molar-refractivity contribution in [3.05, 3.63) is 90.5 Å². The van der Waals surface area contributed by atoms with Crippen molar-refractivity contribution in [1.29, 1.82) is 0 Å². The molecule has 3 aromatic carbocycles. The molecule has 1 fully saturated rings. The van der Waals surface area contributed by atoms with Crippen LogP contribution < -0.4 is 10.6 Å². The van der Waals surface area contributed by atoms with Gasteiger partial charge in [-0.25, -0.2) is 8.42 Å². The number of hydrogen-bond donors (Lipinski definition) is 2. The van der Waals surface area contributed by atoms with Gasteiger partial charge in [-0.15, -0.1) is 0 Å². The molecule has 1 atom stereocenters. The highest BCUT2D eigenvalue weighted by molar-refractivity contribution is 7.89. The molecule has 4 rings (SSSR count). The smallest absolute Gasteiger partial charge is 0.251 e. The molecule has 2 amide bonds. The molecule has 3 aromatic rings. The van der Waals surface area contributed by atoms with E-state index in [1.165, 1.54) is 40.0 Å². The van der Waals surface area contributed by atoms with E-state index in [9.17, 15) is 18.0 Å². The average molecular weight is 534 g/mol. The third-order valence-electron chi connectivity index (χ3n) is 7.30. The molecule has 1 aliphatic rings. The van der Waals surface area contributed by atoms with Crippen molar-refractivity contribution in [2.75, 3.05) is 6.54 Å². The number of hydrogen-bond acceptors (Lipinski definition) is 4. The quantitative estimate of drug-likeness (QED) is 0.419. The van der Waals surface area contributed by atoms with Gasteiger partial charge in [0.05, 0.1) is 10.4 Å². The fourth-order valence-corrected chi connectivity index (χ4v) is 7.71. The van der Waals surface area contributed by atoms with Crippen LogP contribution in [0.15, 0.2) is 84.3 Å². The monoisotopic (exact) mass is 533 g/mol. The molecule has 7 nitrogen and oxygen atoms in total. The van der Waals surface area contributed by atoms with Crippen molar-refractivity contribution in [2.45, 2.75) is 62.6 Å². The molecule has 1 saturated heterocycles. The van der Waals surface area contributed by atoms with Gasteiger partial charge in [-0.1, -0.05) is 49.0 Å². The van der Waals surface area contributed by atoms with Gasteiger partial charge in [-0.3, -0.25) is 9.59 Å². The van der Waals surface area contributed by atoms with E-state index in [-0.39, 0.29) is 22.8 Å². The van der Waals surface area contributed by atoms with Crippen LogP contribution in [0.4, 0.5) is 0 Å². The maximum absolute atomic E-state index is 13.8. The van der Waals surface area contributed by atoms with Gasteiger partial charge in [-0.05, 0) is 87.2 Å². The van der Waals surface area contributed by atoms with Gasteiger partial charge in [-0.2, -0.15) is 4.31 Å². The van der Waals surface area contributed by atoms with Crippen LogP contribution in [0, 0.1) is 0 Å². The minimum Gasteiger partial charge on any atom is -0.352 e. The molecule has 38 heavy (non-hydrogen) atoms. The third kappa shape index (κ3) is 5.37. The van der Waals surface area contributed by atoms with Crippen molar-refractivity contribution in [3.8, 4) is 0 Å². The summed E-state index contributed by atoms with van der Waals surface area (Å²) in [6.07, 6.45) is 2.33. The van der Waals surface area contributed by atoms with Crippen LogP contribution in [-0.4, -0.2) is 48.2 Å². The summed E-state index contributed by atoms with van der Waals surface area (Å²) in [5, 5.41) is 8.13. The molecule has 0 aromatic heterocycles. The van der Waals surface area contributed by atoms with E-state index in [1.54, 1.807) is 0 Å². The van der Waals surface area contributed by atoms with Crippen molar-refractivity contribution in [1.82, 2.24) is 14.9 Å². The number of benzene rings is 3. The van der Waals surface area contributed by atoms with Crippen molar-refractivity contribution < 1.29 is 18.0 Å². The summed E-state index contributed by atoms with van der Waals surface area (Å²) >= 11 is 0. The first-order valence-corrected chi connectivity index (χ1v) is 14.1. The fraction of sp³-hybridized carbons (Fsp3) is 0.333. The molecule has 200 valence electrons. The largest absolute Gasteiger partial charge is 0.352 e. The Morgan fingerprint density at radius 2 is 1.66 bits per heavy atom. The first-order valence-electron chi connectivity index (χ1n) is 12.7. The Kier molecular flexibility index (Phi) is 7.50. The van der Waals surface area contributed by atoms with Crippen LogP contribution in [-0.2, 0) is 21.2 Å². The number of rotatable bonds is 8. The third-order valence-corrected chi connectivity index (χ3v) is 9.61. The predicted octanol–water partition coefficient (Wildman–Crippen LogP) is 4.43. The highest BCUT2D eigenvalue weighted by Crippen LogP contribution is 2.44. The molecule has 1 heterocycles. The zero-order valence-electron chi connectivity index (χ0n) is 22.3. The molecule has 8 heteroatoms. The van der Waals surface area contributed by atoms with Crippen LogP contribution in [0.5, 0.6) is 0 Å². The van der Waals surface area contributed by atoms with Gasteiger partial charge in [0.25, 0.3) is 5.91 Å². The summed E-state index contributed by atoms with van der Waals surface area (Å²) in [5.74, 6) is -0.599. The molecule has 0 radical (unpaired) electrons. The van der Waals surface area contributed by atoms with E-state index in [0.717, 1.165) is 10.9 Å². The summed E-state index contributed by atoms with van der Waals surface area (Å²) in [6, 6.07) is 20.0. The van der Waals surface area contributed by atoms with Gasteiger partial charge in [0.15, 0.2) is 0 Å². The molecule has 0 bridgehead atoms. The summed E-state index contributed by atoms with van der Waals surface area (Å²) < 4.78 is 29.0. The number of sulfonamides is 1. The fourth-order valence-electron chi connectivity index (χ4n) is 5.55. The maximum Gasteiger partial charge on any atom is 0.251 e. The zero-order valence-corrected chi connectivity index (χ0v) is 23.1. The number of amides is 2. The number of nitrogens with zero attached hydrogens (tertiary/aromatic N) is 1. The summed E-state index contributed by atoms with van der Waals surface area (Å²) in [6.45, 7) is 11.3.